The number of hydrogen-bond acceptors (Lipinski definition) is 4. The van der Waals surface area contributed by atoms with E-state index >= 15 is 0 Å². The molecule has 16 heavy (non-hydrogen) atoms. The number of nitro groups is 1. The van der Waals surface area contributed by atoms with E-state index in [0.717, 1.165) is 4.90 Å². The van der Waals surface area contributed by atoms with Gasteiger partial charge in [-0.3, -0.25) is 10.1 Å². The highest BCUT2D eigenvalue weighted by atomic mass is 32.2. The zero-order valence-electron chi connectivity index (χ0n) is 8.89. The molecule has 0 saturated heterocycles. The molecule has 1 fully saturated rings. The van der Waals surface area contributed by atoms with Crippen molar-refractivity contribution in [2.24, 2.45) is 0 Å². The number of nitrogens with zero attached hydrogens (tertiary/aromatic N) is 1. The molecule has 1 aromatic carbocycles. The number of hydrogen-bond donors (Lipinski definition) is 1. The van der Waals surface area contributed by atoms with E-state index in [2.05, 4.69) is 0 Å². The van der Waals surface area contributed by atoms with E-state index in [1.54, 1.807) is 17.8 Å². The highest BCUT2D eigenvalue weighted by Gasteiger charge is 2.17. The van der Waals surface area contributed by atoms with Crippen LogP contribution in [0.5, 0.6) is 0 Å². The molecule has 0 aromatic heterocycles. The normalized spacial score (nSPS) is 16.5. The Hall–Kier alpha value is -1.23. The predicted octanol–water partition coefficient (Wildman–Crippen LogP) is 3.21. The summed E-state index contributed by atoms with van der Waals surface area (Å²) >= 11 is 1.71. The van der Waals surface area contributed by atoms with Crippen LogP contribution in [0.25, 0.3) is 0 Å². The van der Waals surface area contributed by atoms with Crippen LogP contribution in [0.4, 0.5) is 11.4 Å². The van der Waals surface area contributed by atoms with Gasteiger partial charge in [-0.25, -0.2) is 0 Å². The van der Waals surface area contributed by atoms with Crippen LogP contribution < -0.4 is 5.73 Å². The molecule has 0 heterocycles. The summed E-state index contributed by atoms with van der Waals surface area (Å²) in [7, 11) is 0. The third-order valence-electron chi connectivity index (χ3n) is 2.73. The minimum Gasteiger partial charge on any atom is -0.398 e. The highest BCUT2D eigenvalue weighted by molar-refractivity contribution is 8.00. The first-order chi connectivity index (χ1) is 7.65. The Labute approximate surface area is 98.4 Å². The van der Waals surface area contributed by atoms with Gasteiger partial charge in [-0.1, -0.05) is 12.8 Å². The third-order valence-corrected chi connectivity index (χ3v) is 4.04. The summed E-state index contributed by atoms with van der Waals surface area (Å²) in [6.07, 6.45) is 4.94. The fourth-order valence-corrected chi connectivity index (χ4v) is 3.32. The van der Waals surface area contributed by atoms with Gasteiger partial charge < -0.3 is 5.73 Å². The second-order valence-corrected chi connectivity index (χ2v) is 5.42. The molecule has 1 aliphatic rings. The monoisotopic (exact) mass is 238 g/mol. The van der Waals surface area contributed by atoms with Gasteiger partial charge in [0.2, 0.25) is 0 Å². The average molecular weight is 238 g/mol. The zero-order chi connectivity index (χ0) is 11.5. The van der Waals surface area contributed by atoms with Crippen molar-refractivity contribution in [2.75, 3.05) is 5.73 Å². The number of nitro benzene ring substituents is 1. The number of anilines is 1. The van der Waals surface area contributed by atoms with Gasteiger partial charge in [0.25, 0.3) is 5.69 Å². The van der Waals surface area contributed by atoms with Crippen molar-refractivity contribution in [3.63, 3.8) is 0 Å². The van der Waals surface area contributed by atoms with Crippen molar-refractivity contribution in [3.05, 3.63) is 28.3 Å². The molecule has 86 valence electrons. The van der Waals surface area contributed by atoms with Crippen LogP contribution >= 0.6 is 11.8 Å². The molecule has 1 aromatic rings. The lowest BCUT2D eigenvalue weighted by molar-refractivity contribution is -0.385. The summed E-state index contributed by atoms with van der Waals surface area (Å²) in [6.45, 7) is 0. The van der Waals surface area contributed by atoms with Gasteiger partial charge in [-0.05, 0) is 18.9 Å². The van der Waals surface area contributed by atoms with Crippen LogP contribution in [0.2, 0.25) is 0 Å². The van der Waals surface area contributed by atoms with Crippen molar-refractivity contribution in [1.29, 1.82) is 0 Å². The summed E-state index contributed by atoms with van der Waals surface area (Å²) < 4.78 is 0. The van der Waals surface area contributed by atoms with Crippen LogP contribution in [0.15, 0.2) is 23.1 Å². The van der Waals surface area contributed by atoms with Crippen molar-refractivity contribution in [2.45, 2.75) is 35.8 Å². The minimum atomic E-state index is -0.394. The van der Waals surface area contributed by atoms with E-state index in [-0.39, 0.29) is 5.69 Å². The maximum Gasteiger partial charge on any atom is 0.272 e. The van der Waals surface area contributed by atoms with Gasteiger partial charge in [0, 0.05) is 28.0 Å². The summed E-state index contributed by atoms with van der Waals surface area (Å²) in [4.78, 5) is 11.2. The number of rotatable bonds is 3. The van der Waals surface area contributed by atoms with Crippen LogP contribution in [0.3, 0.4) is 0 Å². The molecular formula is C11H14N2O2S. The number of benzene rings is 1. The number of nitrogens with two attached hydrogens (primary N) is 1. The Kier molecular flexibility index (Phi) is 3.33. The standard InChI is InChI=1S/C11H14N2O2S/c12-8-5-9(13(14)15)7-11(6-8)16-10-3-1-2-4-10/h5-7,10H,1-4,12H2. The van der Waals surface area contributed by atoms with Crippen molar-refractivity contribution in [3.8, 4) is 0 Å². The maximum absolute atomic E-state index is 10.7. The van der Waals surface area contributed by atoms with Crippen molar-refractivity contribution >= 4 is 23.1 Å². The van der Waals surface area contributed by atoms with Gasteiger partial charge in [-0.2, -0.15) is 0 Å². The quantitative estimate of drug-likeness (QED) is 0.498. The van der Waals surface area contributed by atoms with Crippen LogP contribution in [0, 0.1) is 10.1 Å². The molecule has 5 heteroatoms. The van der Waals surface area contributed by atoms with E-state index in [9.17, 15) is 10.1 Å². The Bertz CT molecular complexity index is 403. The van der Waals surface area contributed by atoms with Gasteiger partial charge in [-0.15, -0.1) is 11.8 Å². The smallest absolute Gasteiger partial charge is 0.272 e. The second-order valence-electron chi connectivity index (χ2n) is 4.04. The molecule has 2 N–H and O–H groups in total. The van der Waals surface area contributed by atoms with Gasteiger partial charge in [0.05, 0.1) is 4.92 Å². The molecule has 0 aliphatic heterocycles. The maximum atomic E-state index is 10.7. The number of non-ortho nitro benzene ring substituents is 1. The topological polar surface area (TPSA) is 69.2 Å². The fraction of sp³-hybridized carbons (Fsp3) is 0.455. The molecule has 0 unspecified atom stereocenters. The van der Waals surface area contributed by atoms with Crippen molar-refractivity contribution < 1.29 is 4.92 Å². The van der Waals surface area contributed by atoms with Crippen LogP contribution in [0.1, 0.15) is 25.7 Å². The molecule has 0 atom stereocenters. The Morgan fingerprint density at radius 1 is 1.31 bits per heavy atom. The predicted molar refractivity (Wildman–Crippen MR) is 65.6 cm³/mol. The molecule has 0 spiro atoms. The van der Waals surface area contributed by atoms with E-state index in [1.807, 2.05) is 6.07 Å². The van der Waals surface area contributed by atoms with Gasteiger partial charge in [0.15, 0.2) is 0 Å². The number of nitrogen functional groups attached to an aromatic ring is 1. The summed E-state index contributed by atoms with van der Waals surface area (Å²) in [6, 6.07) is 4.83. The molecular weight excluding hydrogens is 224 g/mol. The van der Waals surface area contributed by atoms with Crippen LogP contribution in [-0.2, 0) is 0 Å². The van der Waals surface area contributed by atoms with Crippen molar-refractivity contribution in [1.82, 2.24) is 0 Å². The molecule has 0 radical (unpaired) electrons. The van der Waals surface area contributed by atoms with E-state index in [0.29, 0.717) is 10.9 Å². The first-order valence-electron chi connectivity index (χ1n) is 5.37. The zero-order valence-corrected chi connectivity index (χ0v) is 9.70. The first kappa shape index (κ1) is 11.3. The minimum absolute atomic E-state index is 0.0838. The lowest BCUT2D eigenvalue weighted by Gasteiger charge is -2.08. The largest absolute Gasteiger partial charge is 0.398 e. The second kappa shape index (κ2) is 4.74. The Balaban J connectivity index is 2.16. The van der Waals surface area contributed by atoms with Crippen LogP contribution in [-0.4, -0.2) is 10.2 Å². The third kappa shape index (κ3) is 2.66. The summed E-state index contributed by atoms with van der Waals surface area (Å²) in [5.74, 6) is 0. The van der Waals surface area contributed by atoms with E-state index in [1.165, 1.54) is 31.7 Å². The number of thioether (sulfide) groups is 1. The lowest BCUT2D eigenvalue weighted by atomic mass is 10.3. The molecule has 1 aliphatic carbocycles. The molecule has 0 bridgehead atoms. The highest BCUT2D eigenvalue weighted by Crippen LogP contribution is 2.36. The Morgan fingerprint density at radius 2 is 2.00 bits per heavy atom. The molecule has 1 saturated carbocycles. The lowest BCUT2D eigenvalue weighted by Crippen LogP contribution is -1.96. The van der Waals surface area contributed by atoms with E-state index < -0.39 is 4.92 Å². The molecule has 4 nitrogen and oxygen atoms in total. The SMILES string of the molecule is Nc1cc(SC2CCCC2)cc([N+](=O)[O-])c1. The molecule has 2 rings (SSSR count). The summed E-state index contributed by atoms with van der Waals surface area (Å²) in [5, 5.41) is 11.3. The van der Waals surface area contributed by atoms with E-state index in [4.69, 9.17) is 5.73 Å². The summed E-state index contributed by atoms with van der Waals surface area (Å²) in [5.41, 5.74) is 6.20. The van der Waals surface area contributed by atoms with Gasteiger partial charge in [0.1, 0.15) is 0 Å². The Morgan fingerprint density at radius 3 is 2.62 bits per heavy atom. The fourth-order valence-electron chi connectivity index (χ4n) is 1.98. The molecule has 0 amide bonds. The average Bonchev–Trinajstić information content (AvgIpc) is 2.69. The first-order valence-corrected chi connectivity index (χ1v) is 6.25. The van der Waals surface area contributed by atoms with Gasteiger partial charge >= 0.3 is 0 Å².